The normalized spacial score (nSPS) is 30.8. The van der Waals surface area contributed by atoms with E-state index in [1.807, 2.05) is 12.1 Å². The van der Waals surface area contributed by atoms with Gasteiger partial charge in [-0.05, 0) is 105 Å². The van der Waals surface area contributed by atoms with Crippen LogP contribution in [0, 0.1) is 23.7 Å². The van der Waals surface area contributed by atoms with Crippen molar-refractivity contribution in [2.45, 2.75) is 62.1 Å². The van der Waals surface area contributed by atoms with Crippen LogP contribution in [0.3, 0.4) is 0 Å². The standard InChI is InChI=1S/C31H34F3N3O5/c1-41-21-2-4-24-23(15-21)29(6-8-42-9-7-29)16-37(24)25-5-3-22(26(35-25)31(32,33)34)27(38)36-30(28(39)40)19-11-17-10-18(13-19)14-20(30)12-17/h2-5,15,17-20H,6-14,16H2,1H3,(H,36,38)(H,39,40). The van der Waals surface area contributed by atoms with Gasteiger partial charge < -0.3 is 24.8 Å². The quantitative estimate of drug-likeness (QED) is 0.490. The maximum absolute atomic E-state index is 14.5. The summed E-state index contributed by atoms with van der Waals surface area (Å²) in [6.45, 7) is 1.50. The van der Waals surface area contributed by atoms with Crippen LogP contribution >= 0.6 is 0 Å². The van der Waals surface area contributed by atoms with Crippen LogP contribution in [-0.4, -0.2) is 54.4 Å². The van der Waals surface area contributed by atoms with Crippen molar-refractivity contribution in [1.82, 2.24) is 10.3 Å². The van der Waals surface area contributed by atoms with Gasteiger partial charge in [0.25, 0.3) is 5.91 Å². The third kappa shape index (κ3) is 4.10. The van der Waals surface area contributed by atoms with Gasteiger partial charge in [0.05, 0.1) is 12.7 Å². The monoisotopic (exact) mass is 585 g/mol. The predicted molar refractivity (Wildman–Crippen MR) is 146 cm³/mol. The molecule has 8 nitrogen and oxygen atoms in total. The van der Waals surface area contributed by atoms with Crippen LogP contribution in [0.4, 0.5) is 24.7 Å². The third-order valence-corrected chi connectivity index (χ3v) is 10.7. The number of aromatic nitrogens is 1. The Bertz CT molecular complexity index is 1410. The van der Waals surface area contributed by atoms with Gasteiger partial charge in [-0.3, -0.25) is 4.79 Å². The first-order valence-corrected chi connectivity index (χ1v) is 14.7. The van der Waals surface area contributed by atoms with Crippen LogP contribution in [0.1, 0.15) is 66.6 Å². The molecule has 2 N–H and O–H groups in total. The number of aliphatic carboxylic acids is 1. The molecule has 2 aromatic rings. The molecular weight excluding hydrogens is 551 g/mol. The summed E-state index contributed by atoms with van der Waals surface area (Å²) in [6, 6.07) is 8.11. The number of nitrogens with one attached hydrogen (secondary N) is 1. The Morgan fingerprint density at radius 3 is 2.31 bits per heavy atom. The van der Waals surface area contributed by atoms with E-state index in [-0.39, 0.29) is 23.1 Å². The van der Waals surface area contributed by atoms with Gasteiger partial charge in [-0.25, -0.2) is 9.78 Å². The lowest BCUT2D eigenvalue weighted by Gasteiger charge is -2.59. The molecule has 2 aliphatic heterocycles. The Labute approximate surface area is 241 Å². The molecule has 0 unspecified atom stereocenters. The fourth-order valence-corrected chi connectivity index (χ4v) is 8.96. The molecule has 42 heavy (non-hydrogen) atoms. The van der Waals surface area contributed by atoms with E-state index in [2.05, 4.69) is 10.3 Å². The SMILES string of the molecule is COc1ccc2c(c1)C1(CCOCC1)CN2c1ccc(C(=O)NC2(C(=O)O)C3CC4CC(C3)CC2C4)c(C(F)(F)F)n1. The van der Waals surface area contributed by atoms with Crippen molar-refractivity contribution < 1.29 is 37.3 Å². The Morgan fingerprint density at radius 1 is 1.05 bits per heavy atom. The maximum atomic E-state index is 14.5. The van der Waals surface area contributed by atoms with E-state index in [1.165, 1.54) is 6.07 Å². The fourth-order valence-electron chi connectivity index (χ4n) is 8.96. The highest BCUT2D eigenvalue weighted by Crippen LogP contribution is 2.58. The Balaban J connectivity index is 1.25. The van der Waals surface area contributed by atoms with Crippen LogP contribution in [0.25, 0.3) is 0 Å². The molecule has 1 aromatic heterocycles. The van der Waals surface area contributed by atoms with Gasteiger partial charge in [-0.2, -0.15) is 13.2 Å². The number of amides is 1. The Hall–Kier alpha value is -3.34. The Morgan fingerprint density at radius 2 is 1.71 bits per heavy atom. The minimum Gasteiger partial charge on any atom is -0.497 e. The first kappa shape index (κ1) is 27.5. The number of rotatable bonds is 5. The van der Waals surface area contributed by atoms with Gasteiger partial charge in [-0.1, -0.05) is 0 Å². The first-order chi connectivity index (χ1) is 20.0. The average molecular weight is 586 g/mol. The summed E-state index contributed by atoms with van der Waals surface area (Å²) in [7, 11) is 1.57. The lowest BCUT2D eigenvalue weighted by atomic mass is 9.48. The molecule has 6 aliphatic rings. The van der Waals surface area contributed by atoms with Crippen molar-refractivity contribution in [1.29, 1.82) is 0 Å². The molecule has 4 saturated carbocycles. The molecule has 11 heteroatoms. The van der Waals surface area contributed by atoms with E-state index < -0.39 is 34.8 Å². The molecule has 1 aromatic carbocycles. The van der Waals surface area contributed by atoms with E-state index in [0.29, 0.717) is 75.9 Å². The van der Waals surface area contributed by atoms with Crippen molar-refractivity contribution in [2.75, 3.05) is 31.8 Å². The minimum absolute atomic E-state index is 0.0798. The number of methoxy groups -OCH3 is 1. The number of nitrogens with zero attached hydrogens (tertiary/aromatic N) is 2. The molecule has 0 radical (unpaired) electrons. The van der Waals surface area contributed by atoms with Gasteiger partial charge in [-0.15, -0.1) is 0 Å². The average Bonchev–Trinajstić information content (AvgIpc) is 3.26. The number of hydrogen-bond donors (Lipinski definition) is 2. The first-order valence-electron chi connectivity index (χ1n) is 14.7. The minimum atomic E-state index is -4.93. The number of pyridine rings is 1. The number of halogens is 3. The number of fused-ring (bicyclic) bond motifs is 2. The second-order valence-corrected chi connectivity index (χ2v) is 12.9. The summed E-state index contributed by atoms with van der Waals surface area (Å²) in [5.41, 5.74) is -2.14. The number of ether oxygens (including phenoxy) is 2. The topological polar surface area (TPSA) is 101 Å². The molecule has 1 saturated heterocycles. The summed E-state index contributed by atoms with van der Waals surface area (Å²) in [5.74, 6) is -1.18. The number of carbonyl (C=O) groups is 2. The Kier molecular flexibility index (Phi) is 6.27. The summed E-state index contributed by atoms with van der Waals surface area (Å²) in [6.07, 6.45) is 0.255. The molecule has 0 atom stereocenters. The summed E-state index contributed by atoms with van der Waals surface area (Å²) in [5, 5.41) is 13.0. The van der Waals surface area contributed by atoms with Gasteiger partial charge in [0.1, 0.15) is 17.1 Å². The van der Waals surface area contributed by atoms with E-state index in [0.717, 1.165) is 23.7 Å². The lowest BCUT2D eigenvalue weighted by Crippen LogP contribution is -2.70. The highest BCUT2D eigenvalue weighted by molar-refractivity contribution is 5.99. The van der Waals surface area contributed by atoms with Crippen LogP contribution in [-0.2, 0) is 21.1 Å². The van der Waals surface area contributed by atoms with Gasteiger partial charge >= 0.3 is 12.1 Å². The van der Waals surface area contributed by atoms with Gasteiger partial charge in [0, 0.05) is 30.9 Å². The number of carboxylic acid groups (broad SMARTS) is 1. The van der Waals surface area contributed by atoms with Crippen LogP contribution < -0.4 is 15.0 Å². The largest absolute Gasteiger partial charge is 0.497 e. The second kappa shape index (κ2) is 9.59. The number of hydrogen-bond acceptors (Lipinski definition) is 6. The highest BCUT2D eigenvalue weighted by Gasteiger charge is 2.62. The van der Waals surface area contributed by atoms with E-state index in [4.69, 9.17) is 9.47 Å². The highest BCUT2D eigenvalue weighted by atomic mass is 19.4. The second-order valence-electron chi connectivity index (χ2n) is 12.9. The van der Waals surface area contributed by atoms with Gasteiger partial charge in [0.2, 0.25) is 0 Å². The predicted octanol–water partition coefficient (Wildman–Crippen LogP) is 5.32. The van der Waals surface area contributed by atoms with E-state index in [9.17, 15) is 27.9 Å². The van der Waals surface area contributed by atoms with Crippen molar-refractivity contribution in [3.05, 3.63) is 47.2 Å². The molecule has 224 valence electrons. The molecule has 4 bridgehead atoms. The number of benzene rings is 1. The van der Waals surface area contributed by atoms with Crippen LogP contribution in [0.5, 0.6) is 5.75 Å². The molecule has 1 spiro atoms. The number of carboxylic acids is 1. The van der Waals surface area contributed by atoms with Crippen LogP contribution in [0.15, 0.2) is 30.3 Å². The van der Waals surface area contributed by atoms with Crippen molar-refractivity contribution in [3.63, 3.8) is 0 Å². The van der Waals surface area contributed by atoms with Crippen molar-refractivity contribution in [2.24, 2.45) is 23.7 Å². The van der Waals surface area contributed by atoms with Crippen molar-refractivity contribution >= 4 is 23.4 Å². The molecule has 5 fully saturated rings. The molecular formula is C31H34F3N3O5. The smallest absolute Gasteiger partial charge is 0.434 e. The number of carbonyl (C=O) groups excluding carboxylic acids is 1. The fraction of sp³-hybridized carbons (Fsp3) is 0.581. The molecule has 4 aliphatic carbocycles. The zero-order valence-corrected chi connectivity index (χ0v) is 23.4. The molecule has 3 heterocycles. The zero-order chi connectivity index (χ0) is 29.4. The zero-order valence-electron chi connectivity index (χ0n) is 23.4. The van der Waals surface area contributed by atoms with Crippen molar-refractivity contribution in [3.8, 4) is 5.75 Å². The maximum Gasteiger partial charge on any atom is 0.434 e. The number of alkyl halides is 3. The number of anilines is 2. The van der Waals surface area contributed by atoms with E-state index in [1.54, 1.807) is 18.1 Å². The third-order valence-electron chi connectivity index (χ3n) is 10.7. The molecule has 8 rings (SSSR count). The van der Waals surface area contributed by atoms with Gasteiger partial charge in [0.15, 0.2) is 5.69 Å². The summed E-state index contributed by atoms with van der Waals surface area (Å²) in [4.78, 5) is 32.1. The van der Waals surface area contributed by atoms with E-state index >= 15 is 0 Å². The molecule has 1 amide bonds. The van der Waals surface area contributed by atoms with Crippen LogP contribution in [0.2, 0.25) is 0 Å². The summed E-state index contributed by atoms with van der Waals surface area (Å²) >= 11 is 0. The lowest BCUT2D eigenvalue weighted by molar-refractivity contribution is -0.163. The summed E-state index contributed by atoms with van der Waals surface area (Å²) < 4.78 is 54.6.